The number of nitrogens with zero attached hydrogens (tertiary/aromatic N) is 1. The number of methoxy groups -OCH3 is 1. The summed E-state index contributed by atoms with van der Waals surface area (Å²) in [7, 11) is 1.63. The van der Waals surface area contributed by atoms with Crippen LogP contribution in [0.3, 0.4) is 0 Å². The number of anilines is 1. The number of rotatable bonds is 7. The second kappa shape index (κ2) is 8.80. The molecule has 0 aliphatic heterocycles. The summed E-state index contributed by atoms with van der Waals surface area (Å²) in [4.78, 5) is 4.40. The Labute approximate surface area is 137 Å². The lowest BCUT2D eigenvalue weighted by Crippen LogP contribution is -2.22. The van der Waals surface area contributed by atoms with Gasteiger partial charge in [0.15, 0.2) is 5.96 Å². The van der Waals surface area contributed by atoms with Gasteiger partial charge in [-0.1, -0.05) is 30.3 Å². The largest absolute Gasteiger partial charge is 0.497 e. The molecule has 0 heterocycles. The summed E-state index contributed by atoms with van der Waals surface area (Å²) in [6.45, 7) is 3.77. The molecule has 5 nitrogen and oxygen atoms in total. The lowest BCUT2D eigenvalue weighted by atomic mass is 10.1. The highest BCUT2D eigenvalue weighted by Gasteiger charge is 2.02. The summed E-state index contributed by atoms with van der Waals surface area (Å²) in [5, 5.41) is 3.07. The minimum Gasteiger partial charge on any atom is -0.497 e. The molecule has 0 atom stereocenters. The lowest BCUT2D eigenvalue weighted by Gasteiger charge is -2.09. The Morgan fingerprint density at radius 2 is 1.91 bits per heavy atom. The summed E-state index contributed by atoms with van der Waals surface area (Å²) in [5.74, 6) is 1.13. The number of ether oxygens (including phenoxy) is 2. The van der Waals surface area contributed by atoms with Crippen LogP contribution in [0.25, 0.3) is 0 Å². The molecule has 2 aromatic rings. The van der Waals surface area contributed by atoms with Gasteiger partial charge in [-0.05, 0) is 30.2 Å². The highest BCUT2D eigenvalue weighted by molar-refractivity contribution is 5.92. The third kappa shape index (κ3) is 5.30. The minimum absolute atomic E-state index is 0.365. The van der Waals surface area contributed by atoms with Crippen molar-refractivity contribution in [1.29, 1.82) is 0 Å². The van der Waals surface area contributed by atoms with E-state index in [1.807, 2.05) is 55.5 Å². The first kappa shape index (κ1) is 16.8. The normalized spacial score (nSPS) is 11.3. The maximum absolute atomic E-state index is 5.96. The Morgan fingerprint density at radius 3 is 2.65 bits per heavy atom. The average Bonchev–Trinajstić information content (AvgIpc) is 2.59. The summed E-state index contributed by atoms with van der Waals surface area (Å²) in [5.41, 5.74) is 9.04. The fourth-order valence-corrected chi connectivity index (χ4v) is 2.12. The van der Waals surface area contributed by atoms with Gasteiger partial charge in [0.05, 0.1) is 20.3 Å². The number of nitrogens with one attached hydrogen (secondary N) is 1. The van der Waals surface area contributed by atoms with E-state index in [4.69, 9.17) is 15.2 Å². The van der Waals surface area contributed by atoms with Crippen molar-refractivity contribution in [1.82, 2.24) is 0 Å². The summed E-state index contributed by atoms with van der Waals surface area (Å²) < 4.78 is 10.7. The number of aliphatic imine (C=N–C) groups is 1. The van der Waals surface area contributed by atoms with Crippen molar-refractivity contribution in [2.75, 3.05) is 19.0 Å². The summed E-state index contributed by atoms with van der Waals surface area (Å²) in [6, 6.07) is 15.6. The van der Waals surface area contributed by atoms with Crippen molar-refractivity contribution in [3.8, 4) is 5.75 Å². The van der Waals surface area contributed by atoms with Crippen molar-refractivity contribution < 1.29 is 9.47 Å². The van der Waals surface area contributed by atoms with E-state index in [1.165, 1.54) is 0 Å². The molecule has 0 aliphatic rings. The third-order valence-corrected chi connectivity index (χ3v) is 3.34. The van der Waals surface area contributed by atoms with Gasteiger partial charge in [-0.25, -0.2) is 4.99 Å². The second-order valence-corrected chi connectivity index (χ2v) is 4.96. The monoisotopic (exact) mass is 313 g/mol. The average molecular weight is 313 g/mol. The van der Waals surface area contributed by atoms with Crippen molar-refractivity contribution in [2.45, 2.75) is 20.1 Å². The Balaban J connectivity index is 2.01. The predicted molar refractivity (Wildman–Crippen MR) is 93.7 cm³/mol. The van der Waals surface area contributed by atoms with E-state index in [0.29, 0.717) is 25.7 Å². The molecular formula is C18H23N3O2. The number of hydrogen-bond acceptors (Lipinski definition) is 3. The van der Waals surface area contributed by atoms with E-state index in [-0.39, 0.29) is 0 Å². The molecule has 0 saturated heterocycles. The molecule has 0 unspecified atom stereocenters. The van der Waals surface area contributed by atoms with Crippen LogP contribution in [0, 0.1) is 0 Å². The van der Waals surface area contributed by atoms with Gasteiger partial charge >= 0.3 is 0 Å². The number of guanidine groups is 1. The molecule has 2 rings (SSSR count). The van der Waals surface area contributed by atoms with E-state index in [2.05, 4.69) is 10.3 Å². The van der Waals surface area contributed by atoms with Gasteiger partial charge in [0, 0.05) is 18.4 Å². The minimum atomic E-state index is 0.365. The molecule has 23 heavy (non-hydrogen) atoms. The Kier molecular flexibility index (Phi) is 6.44. The van der Waals surface area contributed by atoms with Crippen molar-refractivity contribution in [3.63, 3.8) is 0 Å². The zero-order chi connectivity index (χ0) is 16.5. The molecule has 5 heteroatoms. The van der Waals surface area contributed by atoms with Crippen LogP contribution >= 0.6 is 0 Å². The number of nitrogens with two attached hydrogens (primary N) is 1. The maximum Gasteiger partial charge on any atom is 0.193 e. The van der Waals surface area contributed by atoms with Crippen LogP contribution in [0.1, 0.15) is 18.1 Å². The first-order valence-corrected chi connectivity index (χ1v) is 7.58. The molecule has 0 fully saturated rings. The predicted octanol–water partition coefficient (Wildman–Crippen LogP) is 3.16. The maximum atomic E-state index is 5.96. The molecule has 0 radical (unpaired) electrons. The first-order valence-electron chi connectivity index (χ1n) is 7.58. The van der Waals surface area contributed by atoms with E-state index < -0.39 is 0 Å². The number of hydrogen-bond donors (Lipinski definition) is 2. The van der Waals surface area contributed by atoms with E-state index in [9.17, 15) is 0 Å². The zero-order valence-corrected chi connectivity index (χ0v) is 13.6. The molecule has 0 aliphatic carbocycles. The second-order valence-electron chi connectivity index (χ2n) is 4.96. The lowest BCUT2D eigenvalue weighted by molar-refractivity contribution is 0.133. The third-order valence-electron chi connectivity index (χ3n) is 3.34. The smallest absolute Gasteiger partial charge is 0.193 e. The SMILES string of the molecule is CCOCc1ccccc1CN=C(N)Nc1cccc(OC)c1. The highest BCUT2D eigenvalue weighted by atomic mass is 16.5. The Morgan fingerprint density at radius 1 is 1.13 bits per heavy atom. The molecule has 0 aromatic heterocycles. The fourth-order valence-electron chi connectivity index (χ4n) is 2.12. The van der Waals surface area contributed by atoms with Gasteiger partial charge in [-0.15, -0.1) is 0 Å². The zero-order valence-electron chi connectivity index (χ0n) is 13.6. The topological polar surface area (TPSA) is 68.9 Å². The highest BCUT2D eigenvalue weighted by Crippen LogP contribution is 2.16. The molecule has 0 bridgehead atoms. The van der Waals surface area contributed by atoms with Crippen molar-refractivity contribution in [2.24, 2.45) is 10.7 Å². The van der Waals surface area contributed by atoms with E-state index in [0.717, 1.165) is 22.6 Å². The Bertz CT molecular complexity index is 656. The standard InChI is InChI=1S/C18H23N3O2/c1-3-23-13-15-8-5-4-7-14(15)12-20-18(19)21-16-9-6-10-17(11-16)22-2/h4-11H,3,12-13H2,1-2H3,(H3,19,20,21). The molecule has 122 valence electrons. The fraction of sp³-hybridized carbons (Fsp3) is 0.278. The van der Waals surface area contributed by atoms with Crippen LogP contribution in [0.5, 0.6) is 5.75 Å². The van der Waals surface area contributed by atoms with Gasteiger partial charge in [0.1, 0.15) is 5.75 Å². The summed E-state index contributed by atoms with van der Waals surface area (Å²) >= 11 is 0. The van der Waals surface area contributed by atoms with Crippen molar-refractivity contribution in [3.05, 3.63) is 59.7 Å². The van der Waals surface area contributed by atoms with Crippen LogP contribution in [-0.4, -0.2) is 19.7 Å². The van der Waals surface area contributed by atoms with E-state index >= 15 is 0 Å². The number of benzene rings is 2. The molecule has 2 aromatic carbocycles. The quantitative estimate of drug-likeness (QED) is 0.608. The van der Waals surface area contributed by atoms with Gasteiger partial charge in [-0.2, -0.15) is 0 Å². The van der Waals surface area contributed by atoms with Crippen LogP contribution < -0.4 is 15.8 Å². The van der Waals surface area contributed by atoms with Crippen LogP contribution in [0.15, 0.2) is 53.5 Å². The Hall–Kier alpha value is -2.53. The van der Waals surface area contributed by atoms with Gasteiger partial charge < -0.3 is 20.5 Å². The van der Waals surface area contributed by atoms with Crippen LogP contribution in [-0.2, 0) is 17.9 Å². The molecule has 0 saturated carbocycles. The van der Waals surface area contributed by atoms with Gasteiger partial charge in [0.25, 0.3) is 0 Å². The van der Waals surface area contributed by atoms with Gasteiger partial charge in [0.2, 0.25) is 0 Å². The van der Waals surface area contributed by atoms with Crippen LogP contribution in [0.2, 0.25) is 0 Å². The van der Waals surface area contributed by atoms with Crippen LogP contribution in [0.4, 0.5) is 5.69 Å². The summed E-state index contributed by atoms with van der Waals surface area (Å²) in [6.07, 6.45) is 0. The molecule has 0 amide bonds. The molecule has 3 N–H and O–H groups in total. The molecular weight excluding hydrogens is 290 g/mol. The molecule has 0 spiro atoms. The first-order chi connectivity index (χ1) is 11.2. The van der Waals surface area contributed by atoms with Crippen molar-refractivity contribution >= 4 is 11.6 Å². The van der Waals surface area contributed by atoms with E-state index in [1.54, 1.807) is 7.11 Å². The van der Waals surface area contributed by atoms with Gasteiger partial charge in [-0.3, -0.25) is 0 Å².